The second kappa shape index (κ2) is 15.6. The number of rotatable bonds is 10. The predicted molar refractivity (Wildman–Crippen MR) is 201 cm³/mol. The van der Waals surface area contributed by atoms with Crippen LogP contribution in [0.25, 0.3) is 11.3 Å². The molecule has 3 saturated heterocycles. The lowest BCUT2D eigenvalue weighted by Gasteiger charge is -2.44. The fourth-order valence-electron chi connectivity index (χ4n) is 8.60. The molecule has 0 saturated carbocycles. The first-order valence-electron chi connectivity index (χ1n) is 18.7. The highest BCUT2D eigenvalue weighted by atomic mass is 16.3. The molecule has 4 heterocycles. The van der Waals surface area contributed by atoms with Gasteiger partial charge in [0.25, 0.3) is 0 Å². The van der Waals surface area contributed by atoms with Crippen molar-refractivity contribution in [3.8, 4) is 17.0 Å². The number of nitrogens with one attached hydrogen (secondary N) is 1. The predicted octanol–water partition coefficient (Wildman–Crippen LogP) is 6.77. The lowest BCUT2D eigenvalue weighted by atomic mass is 9.72. The van der Waals surface area contributed by atoms with Crippen LogP contribution < -0.4 is 15.1 Å². The Morgan fingerprint density at radius 2 is 1.52 bits per heavy atom. The minimum Gasteiger partial charge on any atom is -0.507 e. The average molecular weight is 673 g/mol. The van der Waals surface area contributed by atoms with E-state index in [1.807, 2.05) is 30.5 Å². The van der Waals surface area contributed by atoms with Gasteiger partial charge >= 0.3 is 0 Å². The second-order valence-corrected chi connectivity index (χ2v) is 14.9. The first kappa shape index (κ1) is 34.0. The summed E-state index contributed by atoms with van der Waals surface area (Å²) in [7, 11) is 0. The van der Waals surface area contributed by atoms with Crippen molar-refractivity contribution < 1.29 is 9.90 Å². The van der Waals surface area contributed by atoms with Gasteiger partial charge in [-0.05, 0) is 99.3 Å². The van der Waals surface area contributed by atoms with Crippen molar-refractivity contribution >= 4 is 17.3 Å². The van der Waals surface area contributed by atoms with Crippen LogP contribution in [0.2, 0.25) is 0 Å². The number of hydrogen-bond acceptors (Lipinski definition) is 7. The SMILES string of the molecule is CC1CN(CCC2CCN(c3ccccc3)CC2)CCC1C(=O)NCC1(c2ccccc2)CCN(c2cnnc(-c3ccccc3O)c2)CC1. The highest BCUT2D eigenvalue weighted by molar-refractivity contribution is 5.79. The molecule has 0 bridgehead atoms. The van der Waals surface area contributed by atoms with Crippen molar-refractivity contribution in [1.82, 2.24) is 20.4 Å². The Labute approximate surface area is 297 Å². The average Bonchev–Trinajstić information content (AvgIpc) is 3.17. The zero-order chi connectivity index (χ0) is 34.3. The number of para-hydroxylation sites is 2. The van der Waals surface area contributed by atoms with Gasteiger partial charge in [0.2, 0.25) is 5.91 Å². The molecule has 0 radical (unpaired) electrons. The Morgan fingerprint density at radius 1 is 0.840 bits per heavy atom. The molecular weight excluding hydrogens is 621 g/mol. The third-order valence-corrected chi connectivity index (χ3v) is 11.8. The van der Waals surface area contributed by atoms with Gasteiger partial charge in [-0.2, -0.15) is 10.2 Å². The van der Waals surface area contributed by atoms with Gasteiger partial charge in [-0.15, -0.1) is 0 Å². The summed E-state index contributed by atoms with van der Waals surface area (Å²) in [4.78, 5) is 21.3. The highest BCUT2D eigenvalue weighted by Crippen LogP contribution is 2.38. The van der Waals surface area contributed by atoms with Gasteiger partial charge in [-0.1, -0.05) is 67.6 Å². The maximum atomic E-state index is 13.8. The molecule has 2 unspecified atom stereocenters. The van der Waals surface area contributed by atoms with Crippen molar-refractivity contribution in [3.05, 3.63) is 103 Å². The summed E-state index contributed by atoms with van der Waals surface area (Å²) >= 11 is 0. The zero-order valence-corrected chi connectivity index (χ0v) is 29.5. The summed E-state index contributed by atoms with van der Waals surface area (Å²) in [5, 5.41) is 22.4. The van der Waals surface area contributed by atoms with E-state index < -0.39 is 0 Å². The van der Waals surface area contributed by atoms with E-state index in [4.69, 9.17) is 0 Å². The van der Waals surface area contributed by atoms with Crippen LogP contribution in [0.5, 0.6) is 5.75 Å². The summed E-state index contributed by atoms with van der Waals surface area (Å²) in [5.41, 5.74) is 4.86. The lowest BCUT2D eigenvalue weighted by Crippen LogP contribution is -2.52. The quantitative estimate of drug-likeness (QED) is 0.193. The number of amides is 1. The molecule has 0 aliphatic carbocycles. The van der Waals surface area contributed by atoms with E-state index in [1.165, 1.54) is 30.5 Å². The van der Waals surface area contributed by atoms with E-state index in [-0.39, 0.29) is 23.0 Å². The van der Waals surface area contributed by atoms with Gasteiger partial charge < -0.3 is 25.1 Å². The van der Waals surface area contributed by atoms with E-state index in [9.17, 15) is 9.90 Å². The zero-order valence-electron chi connectivity index (χ0n) is 29.5. The fourth-order valence-corrected chi connectivity index (χ4v) is 8.60. The van der Waals surface area contributed by atoms with Gasteiger partial charge in [0.1, 0.15) is 5.75 Å². The van der Waals surface area contributed by atoms with Gasteiger partial charge in [0.05, 0.1) is 17.6 Å². The van der Waals surface area contributed by atoms with Crippen LogP contribution >= 0.6 is 0 Å². The van der Waals surface area contributed by atoms with Crippen LogP contribution in [0.4, 0.5) is 11.4 Å². The molecule has 262 valence electrons. The third kappa shape index (κ3) is 7.81. The van der Waals surface area contributed by atoms with E-state index >= 15 is 0 Å². The number of aromatic nitrogens is 2. The van der Waals surface area contributed by atoms with E-state index in [0.29, 0.717) is 23.7 Å². The Bertz CT molecular complexity index is 1690. The number of hydrogen-bond donors (Lipinski definition) is 2. The maximum absolute atomic E-state index is 13.8. The number of phenols is 1. The van der Waals surface area contributed by atoms with Crippen molar-refractivity contribution in [3.63, 3.8) is 0 Å². The molecule has 3 aliphatic heterocycles. The van der Waals surface area contributed by atoms with Crippen LogP contribution in [-0.4, -0.2) is 78.5 Å². The number of likely N-dealkylation sites (tertiary alicyclic amines) is 1. The molecule has 0 spiro atoms. The van der Waals surface area contributed by atoms with E-state index in [1.54, 1.807) is 6.07 Å². The summed E-state index contributed by atoms with van der Waals surface area (Å²) in [5.74, 6) is 1.61. The van der Waals surface area contributed by atoms with Crippen molar-refractivity contribution in [2.45, 2.75) is 50.9 Å². The number of phenolic OH excluding ortho intramolecular Hbond substituents is 1. The largest absolute Gasteiger partial charge is 0.507 e. The number of piperidine rings is 3. The highest BCUT2D eigenvalue weighted by Gasteiger charge is 2.38. The standard InChI is InChI=1S/C42H52N6O2/c1-32-30-46(22-16-33-17-24-47(25-18-33)35-12-6-3-7-13-35)23-19-37(32)41(50)43-31-42(34-10-4-2-5-11-34)20-26-48(27-21-42)36-28-39(45-44-29-36)38-14-8-9-15-40(38)49/h2-15,28-29,32-33,37,49H,16-27,30-31H2,1H3,(H,43,50). The molecule has 8 nitrogen and oxygen atoms in total. The molecule has 3 aromatic carbocycles. The van der Waals surface area contributed by atoms with Crippen LogP contribution in [0.15, 0.2) is 97.2 Å². The van der Waals surface area contributed by atoms with Crippen molar-refractivity contribution in [1.29, 1.82) is 0 Å². The molecule has 1 amide bonds. The number of benzene rings is 3. The Kier molecular flexibility index (Phi) is 10.6. The number of aromatic hydroxyl groups is 1. The molecule has 7 rings (SSSR count). The summed E-state index contributed by atoms with van der Waals surface area (Å²) in [6.07, 6.45) is 8.37. The minimum atomic E-state index is -0.131. The number of nitrogens with zero attached hydrogens (tertiary/aromatic N) is 5. The number of anilines is 2. The summed E-state index contributed by atoms with van der Waals surface area (Å²) in [6, 6.07) is 30.8. The number of carbonyl (C=O) groups excluding carboxylic acids is 1. The van der Waals surface area contributed by atoms with Crippen molar-refractivity contribution in [2.75, 3.05) is 62.2 Å². The van der Waals surface area contributed by atoms with Crippen LogP contribution in [0.3, 0.4) is 0 Å². The Balaban J connectivity index is 0.914. The van der Waals surface area contributed by atoms with Gasteiger partial charge in [-0.25, -0.2) is 0 Å². The topological polar surface area (TPSA) is 84.8 Å². The second-order valence-electron chi connectivity index (χ2n) is 14.9. The van der Waals surface area contributed by atoms with Gasteiger partial charge in [0.15, 0.2) is 0 Å². The van der Waals surface area contributed by atoms with Crippen LogP contribution in [0, 0.1) is 17.8 Å². The first-order valence-corrected chi connectivity index (χ1v) is 18.7. The first-order chi connectivity index (χ1) is 24.5. The molecule has 8 heteroatoms. The Morgan fingerprint density at radius 3 is 2.24 bits per heavy atom. The van der Waals surface area contributed by atoms with Crippen LogP contribution in [-0.2, 0) is 10.2 Å². The molecule has 3 fully saturated rings. The van der Waals surface area contributed by atoms with Crippen molar-refractivity contribution in [2.24, 2.45) is 17.8 Å². The normalized spacial score (nSPS) is 21.5. The molecule has 50 heavy (non-hydrogen) atoms. The maximum Gasteiger partial charge on any atom is 0.223 e. The molecule has 1 aromatic heterocycles. The minimum absolute atomic E-state index is 0.0593. The monoisotopic (exact) mass is 672 g/mol. The Hall–Kier alpha value is -4.43. The summed E-state index contributed by atoms with van der Waals surface area (Å²) in [6.45, 7) is 10.1. The molecule has 2 atom stereocenters. The third-order valence-electron chi connectivity index (χ3n) is 11.8. The molecule has 2 N–H and O–H groups in total. The fraction of sp³-hybridized carbons (Fsp3) is 0.452. The summed E-state index contributed by atoms with van der Waals surface area (Å²) < 4.78 is 0. The van der Waals surface area contributed by atoms with Gasteiger partial charge in [0, 0.05) is 61.9 Å². The van der Waals surface area contributed by atoms with E-state index in [0.717, 1.165) is 76.7 Å². The smallest absolute Gasteiger partial charge is 0.223 e. The number of carbonyl (C=O) groups is 1. The molecule has 4 aromatic rings. The van der Waals surface area contributed by atoms with E-state index in [2.05, 4.69) is 97.8 Å². The lowest BCUT2D eigenvalue weighted by molar-refractivity contribution is -0.128. The van der Waals surface area contributed by atoms with Gasteiger partial charge in [-0.3, -0.25) is 4.79 Å². The molecular formula is C42H52N6O2. The van der Waals surface area contributed by atoms with Crippen LogP contribution in [0.1, 0.15) is 51.0 Å². The molecule has 3 aliphatic rings.